The fourth-order valence-electron chi connectivity index (χ4n) is 2.54. The second-order valence-electron chi connectivity index (χ2n) is 5.86. The zero-order valence-corrected chi connectivity index (χ0v) is 14.6. The molecule has 1 aromatic heterocycles. The van der Waals surface area contributed by atoms with Gasteiger partial charge in [0.2, 0.25) is 0 Å². The van der Waals surface area contributed by atoms with Crippen LogP contribution in [0.2, 0.25) is 0 Å². The molecule has 0 N–H and O–H groups in total. The molecule has 26 heavy (non-hydrogen) atoms. The highest BCUT2D eigenvalue weighted by Gasteiger charge is 2.24. The summed E-state index contributed by atoms with van der Waals surface area (Å²) in [5, 5.41) is 4.04. The Kier molecular flexibility index (Phi) is 5.31. The Hall–Kier alpha value is -3.15. The average molecular weight is 354 g/mol. The number of hydrogen-bond donors (Lipinski definition) is 0. The summed E-state index contributed by atoms with van der Waals surface area (Å²) in [6, 6.07) is 15.2. The number of likely N-dealkylation sites (N-methyl/N-ethyl adjacent to an activating group) is 1. The monoisotopic (exact) mass is 354 g/mol. The normalized spacial score (nSPS) is 10.6. The van der Waals surface area contributed by atoms with Gasteiger partial charge in [0.1, 0.15) is 35.2 Å². The summed E-state index contributed by atoms with van der Waals surface area (Å²) in [5.41, 5.74) is 1.79. The first kappa shape index (κ1) is 17.7. The number of aryl methyl sites for hydroxylation is 1. The predicted molar refractivity (Wildman–Crippen MR) is 95.5 cm³/mol. The second kappa shape index (κ2) is 7.82. The third kappa shape index (κ3) is 3.91. The van der Waals surface area contributed by atoms with Crippen molar-refractivity contribution in [1.29, 1.82) is 0 Å². The minimum atomic E-state index is -0.318. The molecule has 1 amide bonds. The molecule has 5 nitrogen and oxygen atoms in total. The van der Waals surface area contributed by atoms with Gasteiger partial charge in [-0.2, -0.15) is 0 Å². The van der Waals surface area contributed by atoms with E-state index in [-0.39, 0.29) is 11.7 Å². The molecule has 1 heterocycles. The Balaban J connectivity index is 1.67. The molecule has 3 rings (SSSR count). The van der Waals surface area contributed by atoms with Gasteiger partial charge in [-0.15, -0.1) is 0 Å². The van der Waals surface area contributed by atoms with Crippen LogP contribution in [-0.2, 0) is 0 Å². The van der Waals surface area contributed by atoms with Gasteiger partial charge in [0.15, 0.2) is 0 Å². The van der Waals surface area contributed by atoms with Gasteiger partial charge in [0.05, 0.1) is 6.54 Å². The fraction of sp³-hybridized carbons (Fsp3) is 0.200. The Bertz CT molecular complexity index is 876. The molecule has 0 aliphatic carbocycles. The molecule has 2 aromatic carbocycles. The number of rotatable bonds is 6. The van der Waals surface area contributed by atoms with Gasteiger partial charge in [-0.1, -0.05) is 35.5 Å². The van der Waals surface area contributed by atoms with Crippen LogP contribution in [0.5, 0.6) is 5.75 Å². The second-order valence-corrected chi connectivity index (χ2v) is 5.86. The van der Waals surface area contributed by atoms with Crippen LogP contribution >= 0.6 is 0 Å². The van der Waals surface area contributed by atoms with E-state index in [9.17, 15) is 9.18 Å². The lowest BCUT2D eigenvalue weighted by Gasteiger charge is -2.17. The van der Waals surface area contributed by atoms with E-state index in [4.69, 9.17) is 9.26 Å². The molecule has 0 saturated carbocycles. The largest absolute Gasteiger partial charge is 0.492 e. The molecule has 134 valence electrons. The average Bonchev–Trinajstić information content (AvgIpc) is 3.05. The predicted octanol–water partition coefficient (Wildman–Crippen LogP) is 3.94. The highest BCUT2D eigenvalue weighted by molar-refractivity contribution is 6.00. The molecule has 3 aromatic rings. The van der Waals surface area contributed by atoms with Crippen LogP contribution in [0.1, 0.15) is 16.1 Å². The molecule has 0 unspecified atom stereocenters. The van der Waals surface area contributed by atoms with Crippen molar-refractivity contribution in [1.82, 2.24) is 10.1 Å². The van der Waals surface area contributed by atoms with E-state index in [0.29, 0.717) is 35.9 Å². The maximum Gasteiger partial charge on any atom is 0.259 e. The van der Waals surface area contributed by atoms with Crippen LogP contribution in [-0.4, -0.2) is 36.2 Å². The van der Waals surface area contributed by atoms with Gasteiger partial charge in [0, 0.05) is 12.6 Å². The van der Waals surface area contributed by atoms with Crippen molar-refractivity contribution in [3.8, 4) is 17.0 Å². The van der Waals surface area contributed by atoms with E-state index in [1.54, 1.807) is 31.0 Å². The molecule has 6 heteroatoms. The summed E-state index contributed by atoms with van der Waals surface area (Å²) in [6.45, 7) is 2.38. The maximum atomic E-state index is 12.9. The Morgan fingerprint density at radius 2 is 1.85 bits per heavy atom. The maximum absolute atomic E-state index is 12.9. The molecule has 0 saturated heterocycles. The van der Waals surface area contributed by atoms with E-state index in [2.05, 4.69) is 5.16 Å². The summed E-state index contributed by atoms with van der Waals surface area (Å²) < 4.78 is 23.7. The summed E-state index contributed by atoms with van der Waals surface area (Å²) in [7, 11) is 1.69. The number of carbonyl (C=O) groups is 1. The highest BCUT2D eigenvalue weighted by Crippen LogP contribution is 2.26. The SMILES string of the molecule is Cc1onc(-c2ccccc2)c1C(=O)N(C)CCOc1ccc(F)cc1. The van der Waals surface area contributed by atoms with Crippen LogP contribution in [0.3, 0.4) is 0 Å². The zero-order chi connectivity index (χ0) is 18.5. The van der Waals surface area contributed by atoms with Crippen molar-refractivity contribution < 1.29 is 18.4 Å². The van der Waals surface area contributed by atoms with Crippen molar-refractivity contribution >= 4 is 5.91 Å². The molecule has 0 atom stereocenters. The Labute approximate surface area is 151 Å². The van der Waals surface area contributed by atoms with Gasteiger partial charge in [-0.25, -0.2) is 4.39 Å². The van der Waals surface area contributed by atoms with Gasteiger partial charge in [0.25, 0.3) is 5.91 Å². The quantitative estimate of drug-likeness (QED) is 0.673. The van der Waals surface area contributed by atoms with E-state index in [0.717, 1.165) is 5.56 Å². The van der Waals surface area contributed by atoms with Crippen LogP contribution in [0.15, 0.2) is 59.1 Å². The van der Waals surface area contributed by atoms with Crippen molar-refractivity contribution in [3.63, 3.8) is 0 Å². The lowest BCUT2D eigenvalue weighted by Crippen LogP contribution is -2.31. The number of hydrogen-bond acceptors (Lipinski definition) is 4. The van der Waals surface area contributed by atoms with Crippen LogP contribution in [0.25, 0.3) is 11.3 Å². The minimum Gasteiger partial charge on any atom is -0.492 e. The first-order valence-corrected chi connectivity index (χ1v) is 8.22. The first-order valence-electron chi connectivity index (χ1n) is 8.22. The number of benzene rings is 2. The smallest absolute Gasteiger partial charge is 0.259 e. The topological polar surface area (TPSA) is 55.6 Å². The summed E-state index contributed by atoms with van der Waals surface area (Å²) in [5.74, 6) is 0.518. The third-order valence-electron chi connectivity index (χ3n) is 3.98. The number of carbonyl (C=O) groups excluding carboxylic acids is 1. The van der Waals surface area contributed by atoms with Crippen molar-refractivity contribution in [2.24, 2.45) is 0 Å². The van der Waals surface area contributed by atoms with Crippen LogP contribution in [0.4, 0.5) is 4.39 Å². The number of halogens is 1. The number of ether oxygens (including phenoxy) is 1. The van der Waals surface area contributed by atoms with Crippen molar-refractivity contribution in [2.75, 3.05) is 20.2 Å². The zero-order valence-electron chi connectivity index (χ0n) is 14.6. The van der Waals surface area contributed by atoms with Gasteiger partial charge >= 0.3 is 0 Å². The molecule has 0 aliphatic heterocycles. The molecular formula is C20H19FN2O3. The lowest BCUT2D eigenvalue weighted by molar-refractivity contribution is 0.0772. The first-order chi connectivity index (χ1) is 12.6. The lowest BCUT2D eigenvalue weighted by atomic mass is 10.1. The van der Waals surface area contributed by atoms with Crippen molar-refractivity contribution in [2.45, 2.75) is 6.92 Å². The van der Waals surface area contributed by atoms with Crippen LogP contribution < -0.4 is 4.74 Å². The number of aromatic nitrogens is 1. The number of amides is 1. The Morgan fingerprint density at radius 1 is 1.15 bits per heavy atom. The molecule has 0 spiro atoms. The van der Waals surface area contributed by atoms with Gasteiger partial charge in [-0.3, -0.25) is 4.79 Å². The molecule has 0 fully saturated rings. The van der Waals surface area contributed by atoms with Gasteiger partial charge < -0.3 is 14.2 Å². The van der Waals surface area contributed by atoms with E-state index in [1.165, 1.54) is 12.1 Å². The van der Waals surface area contributed by atoms with E-state index >= 15 is 0 Å². The van der Waals surface area contributed by atoms with Crippen LogP contribution in [0, 0.1) is 12.7 Å². The number of nitrogens with zero attached hydrogens (tertiary/aromatic N) is 2. The molecule has 0 radical (unpaired) electrons. The third-order valence-corrected chi connectivity index (χ3v) is 3.98. The van der Waals surface area contributed by atoms with Crippen molar-refractivity contribution in [3.05, 3.63) is 71.7 Å². The summed E-state index contributed by atoms with van der Waals surface area (Å²) in [4.78, 5) is 14.4. The molecule has 0 aliphatic rings. The summed E-state index contributed by atoms with van der Waals surface area (Å²) in [6.07, 6.45) is 0. The highest BCUT2D eigenvalue weighted by atomic mass is 19.1. The Morgan fingerprint density at radius 3 is 2.54 bits per heavy atom. The van der Waals surface area contributed by atoms with E-state index < -0.39 is 0 Å². The molecular weight excluding hydrogens is 335 g/mol. The summed E-state index contributed by atoms with van der Waals surface area (Å²) >= 11 is 0. The standard InChI is InChI=1S/C20H19FN2O3/c1-14-18(19(22-26-14)15-6-4-3-5-7-15)20(24)23(2)12-13-25-17-10-8-16(21)9-11-17/h3-11H,12-13H2,1-2H3. The fourth-order valence-corrected chi connectivity index (χ4v) is 2.54. The van der Waals surface area contributed by atoms with Gasteiger partial charge in [-0.05, 0) is 31.2 Å². The minimum absolute atomic E-state index is 0.190. The molecule has 0 bridgehead atoms. The van der Waals surface area contributed by atoms with E-state index in [1.807, 2.05) is 30.3 Å².